The van der Waals surface area contributed by atoms with Crippen molar-refractivity contribution in [3.8, 4) is 0 Å². The van der Waals surface area contributed by atoms with Gasteiger partial charge >= 0.3 is 6.09 Å². The van der Waals surface area contributed by atoms with Crippen molar-refractivity contribution in [3.63, 3.8) is 0 Å². The van der Waals surface area contributed by atoms with E-state index in [2.05, 4.69) is 49.5 Å². The lowest BCUT2D eigenvalue weighted by Crippen LogP contribution is -2.37. The molecule has 1 heterocycles. The topological polar surface area (TPSA) is 43.3 Å². The maximum absolute atomic E-state index is 12.6. The van der Waals surface area contributed by atoms with Gasteiger partial charge in [0.25, 0.3) is 0 Å². The van der Waals surface area contributed by atoms with E-state index in [0.29, 0.717) is 0 Å². The van der Waals surface area contributed by atoms with Crippen LogP contribution < -0.4 is 5.32 Å². The maximum Gasteiger partial charge on any atom is 0.419 e. The van der Waals surface area contributed by atoms with Crippen LogP contribution in [0.4, 0.5) is 4.79 Å². The van der Waals surface area contributed by atoms with Crippen molar-refractivity contribution in [1.82, 2.24) is 9.88 Å². The molecule has 0 fully saturated rings. The van der Waals surface area contributed by atoms with Crippen LogP contribution in [-0.4, -0.2) is 22.8 Å². The average molecular weight is 379 g/mol. The SMILES string of the molecule is CC(C)(C)OC(=O)n1cc(CCNC(C)(C)c2ccccc2)c2ccccc21. The molecule has 0 bridgehead atoms. The Morgan fingerprint density at radius 2 is 1.61 bits per heavy atom. The van der Waals surface area contributed by atoms with Gasteiger partial charge in [-0.05, 0) is 58.2 Å². The first-order valence-corrected chi connectivity index (χ1v) is 9.80. The van der Waals surface area contributed by atoms with E-state index in [1.807, 2.05) is 51.2 Å². The molecule has 3 rings (SSSR count). The van der Waals surface area contributed by atoms with Crippen LogP contribution in [0, 0.1) is 0 Å². The second-order valence-electron chi connectivity index (χ2n) is 8.69. The highest BCUT2D eigenvalue weighted by Gasteiger charge is 2.22. The number of fused-ring (bicyclic) bond motifs is 1. The molecule has 0 saturated carbocycles. The Balaban J connectivity index is 1.78. The Kier molecular flexibility index (Phi) is 5.61. The first-order chi connectivity index (χ1) is 13.2. The molecule has 1 N–H and O–H groups in total. The fraction of sp³-hybridized carbons (Fsp3) is 0.375. The Labute approximate surface area is 167 Å². The summed E-state index contributed by atoms with van der Waals surface area (Å²) in [4.78, 5) is 12.6. The Morgan fingerprint density at radius 3 is 2.29 bits per heavy atom. The summed E-state index contributed by atoms with van der Waals surface area (Å²) in [5.74, 6) is 0. The largest absolute Gasteiger partial charge is 0.443 e. The molecule has 0 aliphatic rings. The molecule has 0 aliphatic heterocycles. The summed E-state index contributed by atoms with van der Waals surface area (Å²) in [7, 11) is 0. The minimum Gasteiger partial charge on any atom is -0.443 e. The number of aromatic nitrogens is 1. The highest BCUT2D eigenvalue weighted by Crippen LogP contribution is 2.24. The van der Waals surface area contributed by atoms with Gasteiger partial charge in [0.2, 0.25) is 0 Å². The molecule has 0 aliphatic carbocycles. The average Bonchev–Trinajstić information content (AvgIpc) is 3.00. The van der Waals surface area contributed by atoms with Gasteiger partial charge in [0.1, 0.15) is 5.60 Å². The summed E-state index contributed by atoms with van der Waals surface area (Å²) in [6.07, 6.45) is 2.40. The van der Waals surface area contributed by atoms with Crippen molar-refractivity contribution < 1.29 is 9.53 Å². The van der Waals surface area contributed by atoms with Crippen molar-refractivity contribution >= 4 is 17.0 Å². The van der Waals surface area contributed by atoms with Gasteiger partial charge in [-0.15, -0.1) is 0 Å². The number of hydrogen-bond donors (Lipinski definition) is 1. The second-order valence-corrected chi connectivity index (χ2v) is 8.69. The third-order valence-electron chi connectivity index (χ3n) is 4.84. The minimum atomic E-state index is -0.524. The lowest BCUT2D eigenvalue weighted by atomic mass is 9.94. The minimum absolute atomic E-state index is 0.120. The summed E-state index contributed by atoms with van der Waals surface area (Å²) in [6, 6.07) is 18.4. The van der Waals surface area contributed by atoms with Gasteiger partial charge < -0.3 is 10.1 Å². The van der Waals surface area contributed by atoms with Crippen molar-refractivity contribution in [2.75, 3.05) is 6.54 Å². The molecule has 0 saturated heterocycles. The Morgan fingerprint density at radius 1 is 0.964 bits per heavy atom. The number of ether oxygens (including phenoxy) is 1. The highest BCUT2D eigenvalue weighted by atomic mass is 16.6. The molecule has 4 nitrogen and oxygen atoms in total. The van der Waals surface area contributed by atoms with E-state index < -0.39 is 5.60 Å². The predicted molar refractivity (Wildman–Crippen MR) is 115 cm³/mol. The summed E-state index contributed by atoms with van der Waals surface area (Å²) in [5.41, 5.74) is 2.63. The monoisotopic (exact) mass is 378 g/mol. The molecule has 148 valence electrons. The third kappa shape index (κ3) is 4.63. The van der Waals surface area contributed by atoms with Crippen LogP contribution in [0.5, 0.6) is 0 Å². The number of carbonyl (C=O) groups is 1. The van der Waals surface area contributed by atoms with Crippen LogP contribution in [0.15, 0.2) is 60.8 Å². The molecule has 28 heavy (non-hydrogen) atoms. The van der Waals surface area contributed by atoms with Gasteiger partial charge in [-0.1, -0.05) is 48.5 Å². The number of benzene rings is 2. The van der Waals surface area contributed by atoms with E-state index in [0.717, 1.165) is 29.4 Å². The van der Waals surface area contributed by atoms with Crippen molar-refractivity contribution in [1.29, 1.82) is 0 Å². The molecular weight excluding hydrogens is 348 g/mol. The zero-order chi connectivity index (χ0) is 20.4. The van der Waals surface area contributed by atoms with Gasteiger partial charge in [0, 0.05) is 23.7 Å². The molecular formula is C24H30N2O2. The van der Waals surface area contributed by atoms with Gasteiger partial charge in [0.05, 0.1) is 5.52 Å². The van der Waals surface area contributed by atoms with E-state index in [-0.39, 0.29) is 11.6 Å². The second kappa shape index (κ2) is 7.80. The van der Waals surface area contributed by atoms with Gasteiger partial charge in [-0.25, -0.2) is 4.79 Å². The smallest absolute Gasteiger partial charge is 0.419 e. The molecule has 0 amide bonds. The van der Waals surface area contributed by atoms with Crippen molar-refractivity contribution in [2.45, 2.75) is 52.2 Å². The van der Waals surface area contributed by atoms with Gasteiger partial charge in [-0.3, -0.25) is 4.57 Å². The van der Waals surface area contributed by atoms with Crippen molar-refractivity contribution in [2.24, 2.45) is 0 Å². The zero-order valence-electron chi connectivity index (χ0n) is 17.5. The molecule has 4 heteroatoms. The molecule has 2 aromatic carbocycles. The van der Waals surface area contributed by atoms with E-state index in [1.54, 1.807) is 4.57 Å². The van der Waals surface area contributed by atoms with Crippen molar-refractivity contribution in [3.05, 3.63) is 71.9 Å². The van der Waals surface area contributed by atoms with Gasteiger partial charge in [0.15, 0.2) is 0 Å². The number of carbonyl (C=O) groups excluding carboxylic acids is 1. The summed E-state index contributed by atoms with van der Waals surface area (Å²) in [6.45, 7) is 10.8. The molecule has 3 aromatic rings. The number of rotatable bonds is 5. The molecule has 0 spiro atoms. The standard InChI is InChI=1S/C24H30N2O2/c1-23(2,3)28-22(27)26-17-18(20-13-9-10-14-21(20)26)15-16-25-24(4,5)19-11-7-6-8-12-19/h6-14,17,25H,15-16H2,1-5H3. The van der Waals surface area contributed by atoms with E-state index in [4.69, 9.17) is 4.74 Å². The lowest BCUT2D eigenvalue weighted by Gasteiger charge is -2.27. The lowest BCUT2D eigenvalue weighted by molar-refractivity contribution is 0.0544. The van der Waals surface area contributed by atoms with Crippen LogP contribution in [-0.2, 0) is 16.7 Å². The Hall–Kier alpha value is -2.59. The molecule has 1 aromatic heterocycles. The maximum atomic E-state index is 12.6. The fourth-order valence-electron chi connectivity index (χ4n) is 3.38. The van der Waals surface area contributed by atoms with Crippen LogP contribution >= 0.6 is 0 Å². The van der Waals surface area contributed by atoms with Crippen LogP contribution in [0.1, 0.15) is 45.7 Å². The van der Waals surface area contributed by atoms with Crippen LogP contribution in [0.3, 0.4) is 0 Å². The van der Waals surface area contributed by atoms with E-state index in [1.165, 1.54) is 5.56 Å². The summed E-state index contributed by atoms with van der Waals surface area (Å²) < 4.78 is 7.19. The van der Waals surface area contributed by atoms with E-state index >= 15 is 0 Å². The third-order valence-corrected chi connectivity index (χ3v) is 4.84. The van der Waals surface area contributed by atoms with E-state index in [9.17, 15) is 4.79 Å². The molecule has 0 unspecified atom stereocenters. The molecule has 0 atom stereocenters. The number of nitrogens with one attached hydrogen (secondary N) is 1. The fourth-order valence-corrected chi connectivity index (χ4v) is 3.38. The van der Waals surface area contributed by atoms with Gasteiger partial charge in [-0.2, -0.15) is 0 Å². The Bertz CT molecular complexity index is 950. The number of nitrogens with zero attached hydrogens (tertiary/aromatic N) is 1. The quantitative estimate of drug-likeness (QED) is 0.638. The summed E-state index contributed by atoms with van der Waals surface area (Å²) in [5, 5.41) is 4.73. The highest BCUT2D eigenvalue weighted by molar-refractivity contribution is 5.92. The number of hydrogen-bond acceptors (Lipinski definition) is 3. The van der Waals surface area contributed by atoms with Crippen LogP contribution in [0.2, 0.25) is 0 Å². The van der Waals surface area contributed by atoms with Crippen LogP contribution in [0.25, 0.3) is 10.9 Å². The zero-order valence-corrected chi connectivity index (χ0v) is 17.5. The first-order valence-electron chi connectivity index (χ1n) is 9.80. The first kappa shape index (κ1) is 20.2. The summed E-state index contributed by atoms with van der Waals surface area (Å²) >= 11 is 0. The normalized spacial score (nSPS) is 12.3. The number of para-hydroxylation sites is 1. The predicted octanol–water partition coefficient (Wildman–Crippen LogP) is 5.49. The molecule has 0 radical (unpaired) electrons.